The van der Waals surface area contributed by atoms with Gasteiger partial charge in [-0.2, -0.15) is 5.26 Å². The number of nitrogens with zero attached hydrogens (tertiary/aromatic N) is 1. The summed E-state index contributed by atoms with van der Waals surface area (Å²) in [6.07, 6.45) is -0.486. The standard InChI is InChI=1S/C27H35FN2O4S/c1-25(2,3)35(31)30-23(26(4,5)19-29)17-24(32-18-20-10-7-6-8-11-20)27(33-14-15-34-27)21-12-9-13-22(28)16-21/h6-13,16,23-24,30H,14-15,17-18H2,1-5H3/t23-,24?,35+/m1/s1. The molecule has 0 aromatic heterocycles. The first-order valence-corrected chi connectivity index (χ1v) is 12.9. The van der Waals surface area contributed by atoms with Gasteiger partial charge in [-0.05, 0) is 58.7 Å². The van der Waals surface area contributed by atoms with Crippen molar-refractivity contribution in [3.8, 4) is 6.07 Å². The van der Waals surface area contributed by atoms with Crippen LogP contribution in [0.4, 0.5) is 4.39 Å². The van der Waals surface area contributed by atoms with Crippen LogP contribution in [0, 0.1) is 22.6 Å². The first-order chi connectivity index (χ1) is 16.5. The van der Waals surface area contributed by atoms with Crippen molar-refractivity contribution >= 4 is 11.0 Å². The summed E-state index contributed by atoms with van der Waals surface area (Å²) in [5.74, 6) is -1.78. The van der Waals surface area contributed by atoms with E-state index in [1.165, 1.54) is 12.1 Å². The van der Waals surface area contributed by atoms with Crippen LogP contribution in [0.15, 0.2) is 54.6 Å². The summed E-state index contributed by atoms with van der Waals surface area (Å²) < 4.78 is 48.7. The third-order valence-electron chi connectivity index (χ3n) is 6.08. The molecule has 1 N–H and O–H groups in total. The fourth-order valence-electron chi connectivity index (χ4n) is 3.86. The molecule has 8 heteroatoms. The van der Waals surface area contributed by atoms with Crippen LogP contribution in [0.3, 0.4) is 0 Å². The molecule has 0 aliphatic carbocycles. The molecule has 1 heterocycles. The van der Waals surface area contributed by atoms with Gasteiger partial charge in [-0.25, -0.2) is 13.3 Å². The molecular formula is C27H35FN2O4S. The number of nitriles is 1. The maximum Gasteiger partial charge on any atom is 0.222 e. The van der Waals surface area contributed by atoms with E-state index in [4.69, 9.17) is 14.2 Å². The highest BCUT2D eigenvalue weighted by atomic mass is 32.2. The SMILES string of the molecule is CC(C)(C#N)[C@@H](CC(OCc1ccccc1)C1(c2cccc(F)c2)OCCO1)N[S@@](=O)C(C)(C)C. The van der Waals surface area contributed by atoms with Crippen molar-refractivity contribution in [1.82, 2.24) is 4.72 Å². The van der Waals surface area contributed by atoms with Crippen molar-refractivity contribution in [1.29, 1.82) is 5.26 Å². The largest absolute Gasteiger partial charge is 0.367 e. The van der Waals surface area contributed by atoms with Gasteiger partial charge in [0, 0.05) is 11.6 Å². The number of hydrogen-bond acceptors (Lipinski definition) is 5. The molecule has 0 bridgehead atoms. The van der Waals surface area contributed by atoms with Gasteiger partial charge >= 0.3 is 0 Å². The highest BCUT2D eigenvalue weighted by molar-refractivity contribution is 7.84. The Labute approximate surface area is 210 Å². The van der Waals surface area contributed by atoms with E-state index in [2.05, 4.69) is 10.8 Å². The van der Waals surface area contributed by atoms with Crippen molar-refractivity contribution in [2.75, 3.05) is 13.2 Å². The minimum absolute atomic E-state index is 0.242. The van der Waals surface area contributed by atoms with Crippen molar-refractivity contribution in [2.24, 2.45) is 5.41 Å². The zero-order valence-corrected chi connectivity index (χ0v) is 21.9. The smallest absolute Gasteiger partial charge is 0.222 e. The lowest BCUT2D eigenvalue weighted by Gasteiger charge is -2.40. The van der Waals surface area contributed by atoms with E-state index in [0.717, 1.165) is 5.56 Å². The molecule has 1 unspecified atom stereocenters. The maximum atomic E-state index is 14.3. The molecule has 2 aromatic rings. The lowest BCUT2D eigenvalue weighted by Crippen LogP contribution is -2.52. The van der Waals surface area contributed by atoms with Crippen LogP contribution in [0.1, 0.15) is 52.2 Å². The predicted molar refractivity (Wildman–Crippen MR) is 134 cm³/mol. The second kappa shape index (κ2) is 11.3. The third-order valence-corrected chi connectivity index (χ3v) is 7.69. The van der Waals surface area contributed by atoms with Crippen molar-refractivity contribution < 1.29 is 22.8 Å². The Morgan fingerprint density at radius 3 is 2.34 bits per heavy atom. The van der Waals surface area contributed by atoms with Gasteiger partial charge in [-0.1, -0.05) is 42.5 Å². The zero-order chi connectivity index (χ0) is 25.7. The number of hydrogen-bond donors (Lipinski definition) is 1. The third kappa shape index (κ3) is 6.75. The molecule has 35 heavy (non-hydrogen) atoms. The van der Waals surface area contributed by atoms with Gasteiger partial charge in [0.2, 0.25) is 5.79 Å². The van der Waals surface area contributed by atoms with Crippen LogP contribution >= 0.6 is 0 Å². The average Bonchev–Trinajstić information content (AvgIpc) is 3.32. The van der Waals surface area contributed by atoms with Crippen LogP contribution in [0.25, 0.3) is 0 Å². The quantitative estimate of drug-likeness (QED) is 0.496. The van der Waals surface area contributed by atoms with E-state index in [-0.39, 0.29) is 13.0 Å². The number of benzene rings is 2. The highest BCUT2D eigenvalue weighted by Crippen LogP contribution is 2.41. The number of nitrogens with one attached hydrogen (secondary N) is 1. The van der Waals surface area contributed by atoms with Crippen LogP contribution in [-0.2, 0) is 37.6 Å². The monoisotopic (exact) mass is 502 g/mol. The van der Waals surface area contributed by atoms with E-state index < -0.39 is 44.9 Å². The Bertz CT molecular complexity index is 1040. The van der Waals surface area contributed by atoms with Gasteiger partial charge in [-0.3, -0.25) is 0 Å². The minimum Gasteiger partial charge on any atom is -0.367 e. The molecular weight excluding hydrogens is 467 g/mol. The molecule has 0 saturated carbocycles. The molecule has 0 spiro atoms. The molecule has 3 atom stereocenters. The summed E-state index contributed by atoms with van der Waals surface area (Å²) in [4.78, 5) is 0. The predicted octanol–water partition coefficient (Wildman–Crippen LogP) is 4.97. The van der Waals surface area contributed by atoms with Crippen molar-refractivity contribution in [3.63, 3.8) is 0 Å². The van der Waals surface area contributed by atoms with E-state index in [0.29, 0.717) is 18.8 Å². The van der Waals surface area contributed by atoms with E-state index >= 15 is 0 Å². The van der Waals surface area contributed by atoms with E-state index in [9.17, 15) is 13.9 Å². The molecule has 6 nitrogen and oxygen atoms in total. The summed E-state index contributed by atoms with van der Waals surface area (Å²) in [5, 5.41) is 9.94. The maximum absolute atomic E-state index is 14.3. The molecule has 2 aromatic carbocycles. The first-order valence-electron chi connectivity index (χ1n) is 11.8. The molecule has 190 valence electrons. The summed E-state index contributed by atoms with van der Waals surface area (Å²) in [6.45, 7) is 10.1. The van der Waals surface area contributed by atoms with E-state index in [1.807, 2.05) is 51.1 Å². The van der Waals surface area contributed by atoms with Crippen LogP contribution < -0.4 is 4.72 Å². The summed E-state index contributed by atoms with van der Waals surface area (Å²) in [7, 11) is -1.43. The first kappa shape index (κ1) is 27.4. The van der Waals surface area contributed by atoms with Crippen LogP contribution in [0.5, 0.6) is 0 Å². The number of rotatable bonds is 10. The zero-order valence-electron chi connectivity index (χ0n) is 21.0. The topological polar surface area (TPSA) is 80.6 Å². The van der Waals surface area contributed by atoms with Gasteiger partial charge in [0.1, 0.15) is 11.9 Å². The Balaban J connectivity index is 2.01. The fraction of sp³-hybridized carbons (Fsp3) is 0.519. The molecule has 1 saturated heterocycles. The average molecular weight is 503 g/mol. The molecule has 1 fully saturated rings. The van der Waals surface area contributed by atoms with Crippen molar-refractivity contribution in [2.45, 2.75) is 70.3 Å². The normalized spacial score (nSPS) is 18.5. The molecule has 0 amide bonds. The number of halogens is 1. The van der Waals surface area contributed by atoms with Crippen LogP contribution in [-0.4, -0.2) is 34.3 Å². The summed E-state index contributed by atoms with van der Waals surface area (Å²) >= 11 is 0. The van der Waals surface area contributed by atoms with E-state index in [1.54, 1.807) is 26.0 Å². The van der Waals surface area contributed by atoms with Gasteiger partial charge in [0.05, 0.1) is 47.0 Å². The molecule has 1 aliphatic rings. The van der Waals surface area contributed by atoms with Gasteiger partial charge in [-0.15, -0.1) is 0 Å². The Morgan fingerprint density at radius 1 is 1.11 bits per heavy atom. The lowest BCUT2D eigenvalue weighted by molar-refractivity contribution is -0.249. The second-order valence-electron chi connectivity index (χ2n) is 10.3. The fourth-order valence-corrected chi connectivity index (χ4v) is 4.87. The second-order valence-corrected chi connectivity index (χ2v) is 12.3. The molecule has 0 radical (unpaired) electrons. The lowest BCUT2D eigenvalue weighted by atomic mass is 9.81. The Kier molecular flexibility index (Phi) is 8.84. The molecule has 3 rings (SSSR count). The van der Waals surface area contributed by atoms with Crippen LogP contribution in [0.2, 0.25) is 0 Å². The summed E-state index contributed by atoms with van der Waals surface area (Å²) in [5.41, 5.74) is 0.558. The minimum atomic E-state index is -1.43. The summed E-state index contributed by atoms with van der Waals surface area (Å²) in [6, 6.07) is 17.6. The van der Waals surface area contributed by atoms with Crippen molar-refractivity contribution in [3.05, 3.63) is 71.5 Å². The Hall–Kier alpha value is -2.15. The highest BCUT2D eigenvalue weighted by Gasteiger charge is 2.50. The van der Waals surface area contributed by atoms with Gasteiger partial charge in [0.25, 0.3) is 0 Å². The number of ether oxygens (including phenoxy) is 3. The van der Waals surface area contributed by atoms with Gasteiger partial charge in [0.15, 0.2) is 0 Å². The van der Waals surface area contributed by atoms with Gasteiger partial charge < -0.3 is 14.2 Å². The molecule has 1 aliphatic heterocycles. The Morgan fingerprint density at radius 2 is 1.77 bits per heavy atom.